The van der Waals surface area contributed by atoms with E-state index in [-0.39, 0.29) is 11.5 Å². The zero-order valence-corrected chi connectivity index (χ0v) is 7.89. The maximum absolute atomic E-state index is 13.0. The summed E-state index contributed by atoms with van der Waals surface area (Å²) in [5.41, 5.74) is 0. The van der Waals surface area contributed by atoms with Gasteiger partial charge in [-0.05, 0) is 12.1 Å². The first kappa shape index (κ1) is 10.4. The monoisotopic (exact) mass is 206 g/mol. The van der Waals surface area contributed by atoms with Crippen molar-refractivity contribution in [2.75, 3.05) is 6.16 Å². The van der Waals surface area contributed by atoms with Gasteiger partial charge < -0.3 is 4.89 Å². The molecule has 1 aromatic rings. The average Bonchev–Trinajstić information content (AvgIpc) is 2.03. The lowest BCUT2D eigenvalue weighted by Gasteiger charge is -2.09. The fourth-order valence-electron chi connectivity index (χ4n) is 0.935. The van der Waals surface area contributed by atoms with E-state index in [9.17, 15) is 18.2 Å². The Hall–Kier alpha value is -0.730. The highest BCUT2D eigenvalue weighted by Gasteiger charge is 2.22. The number of rotatable bonds is 2. The van der Waals surface area contributed by atoms with Crippen molar-refractivity contribution >= 4 is 12.7 Å². The van der Waals surface area contributed by atoms with Crippen LogP contribution in [0, 0.1) is 11.6 Å². The first-order valence-corrected chi connectivity index (χ1v) is 5.59. The van der Waals surface area contributed by atoms with E-state index in [1.807, 2.05) is 0 Å². The molecule has 0 fully saturated rings. The minimum absolute atomic E-state index is 0.0600. The molecule has 0 saturated heterocycles. The van der Waals surface area contributed by atoms with Crippen molar-refractivity contribution in [3.63, 3.8) is 0 Å². The maximum atomic E-state index is 13.0. The quantitative estimate of drug-likeness (QED) is 0.750. The predicted octanol–water partition coefficient (Wildman–Crippen LogP) is 1.88. The van der Waals surface area contributed by atoms with Crippen molar-refractivity contribution in [2.24, 2.45) is 0 Å². The van der Waals surface area contributed by atoms with Crippen LogP contribution < -0.4 is 5.30 Å². The molecule has 13 heavy (non-hydrogen) atoms. The third-order valence-electron chi connectivity index (χ3n) is 1.71. The molecule has 1 N–H and O–H groups in total. The van der Waals surface area contributed by atoms with Gasteiger partial charge in [0.2, 0.25) is 7.37 Å². The van der Waals surface area contributed by atoms with Gasteiger partial charge in [-0.3, -0.25) is 4.57 Å². The van der Waals surface area contributed by atoms with Crippen LogP contribution in [0.4, 0.5) is 8.78 Å². The van der Waals surface area contributed by atoms with Crippen LogP contribution in [0.5, 0.6) is 0 Å². The third kappa shape index (κ3) is 2.14. The molecule has 1 atom stereocenters. The van der Waals surface area contributed by atoms with Crippen molar-refractivity contribution in [1.29, 1.82) is 0 Å². The lowest BCUT2D eigenvalue weighted by molar-refractivity contribution is 0.488. The summed E-state index contributed by atoms with van der Waals surface area (Å²) >= 11 is 0. The summed E-state index contributed by atoms with van der Waals surface area (Å²) in [5, 5.41) is -0.309. The number of hydrogen-bond acceptors (Lipinski definition) is 1. The summed E-state index contributed by atoms with van der Waals surface area (Å²) in [7, 11) is -3.62. The van der Waals surface area contributed by atoms with Gasteiger partial charge in [0, 0.05) is 12.2 Å². The normalized spacial score (nSPS) is 15.4. The topological polar surface area (TPSA) is 37.3 Å². The summed E-state index contributed by atoms with van der Waals surface area (Å²) in [6, 6.07) is 2.58. The molecule has 2 nitrogen and oxygen atoms in total. The van der Waals surface area contributed by atoms with E-state index in [1.165, 1.54) is 6.92 Å². The molecule has 0 aliphatic heterocycles. The Morgan fingerprint density at radius 3 is 2.54 bits per heavy atom. The molecule has 72 valence electrons. The van der Waals surface area contributed by atoms with E-state index in [0.717, 1.165) is 12.1 Å². The minimum Gasteiger partial charge on any atom is -0.341 e. The first-order chi connectivity index (χ1) is 5.97. The van der Waals surface area contributed by atoms with E-state index in [0.29, 0.717) is 6.07 Å². The second-order valence-electron chi connectivity index (χ2n) is 2.61. The van der Waals surface area contributed by atoms with Crippen molar-refractivity contribution in [1.82, 2.24) is 0 Å². The van der Waals surface area contributed by atoms with Crippen molar-refractivity contribution in [2.45, 2.75) is 6.92 Å². The molecular formula is C8H9F2O2P. The molecule has 0 aliphatic carbocycles. The van der Waals surface area contributed by atoms with Crippen molar-refractivity contribution in [3.8, 4) is 0 Å². The van der Waals surface area contributed by atoms with Gasteiger partial charge in [-0.15, -0.1) is 0 Å². The van der Waals surface area contributed by atoms with Gasteiger partial charge in [0.05, 0.1) is 5.30 Å². The van der Waals surface area contributed by atoms with E-state index in [1.54, 1.807) is 0 Å². The largest absolute Gasteiger partial charge is 0.341 e. The Labute approximate surface area is 74.7 Å². The lowest BCUT2D eigenvalue weighted by atomic mass is 10.3. The Kier molecular flexibility index (Phi) is 2.84. The van der Waals surface area contributed by atoms with Gasteiger partial charge >= 0.3 is 0 Å². The van der Waals surface area contributed by atoms with E-state index in [4.69, 9.17) is 0 Å². The van der Waals surface area contributed by atoms with Crippen molar-refractivity contribution in [3.05, 3.63) is 29.8 Å². The average molecular weight is 206 g/mol. The fraction of sp³-hybridized carbons (Fsp3) is 0.250. The highest BCUT2D eigenvalue weighted by molar-refractivity contribution is 7.66. The molecule has 1 unspecified atom stereocenters. The summed E-state index contributed by atoms with van der Waals surface area (Å²) in [5.74, 6) is -1.72. The summed E-state index contributed by atoms with van der Waals surface area (Å²) in [6.07, 6.45) is -0.0600. The molecule has 1 aromatic carbocycles. The molecule has 1 rings (SSSR count). The molecule has 0 heterocycles. The molecule has 0 radical (unpaired) electrons. The zero-order chi connectivity index (χ0) is 10.1. The Morgan fingerprint density at radius 2 is 2.08 bits per heavy atom. The van der Waals surface area contributed by atoms with Gasteiger partial charge in [0.25, 0.3) is 0 Å². The summed E-state index contributed by atoms with van der Waals surface area (Å²) in [4.78, 5) is 9.26. The Bertz CT molecular complexity index is 365. The Balaban J connectivity index is 3.24. The van der Waals surface area contributed by atoms with Gasteiger partial charge in [0.15, 0.2) is 0 Å². The van der Waals surface area contributed by atoms with E-state index < -0.39 is 19.0 Å². The fourth-order valence-corrected chi connectivity index (χ4v) is 1.98. The van der Waals surface area contributed by atoms with Crippen LogP contribution in [0.15, 0.2) is 18.2 Å². The van der Waals surface area contributed by atoms with Crippen molar-refractivity contribution < 1.29 is 18.2 Å². The predicted molar refractivity (Wildman–Crippen MR) is 46.4 cm³/mol. The van der Waals surface area contributed by atoms with Crippen LogP contribution in [-0.2, 0) is 4.57 Å². The maximum Gasteiger partial charge on any atom is 0.232 e. The molecule has 0 spiro atoms. The molecule has 0 aliphatic rings. The van der Waals surface area contributed by atoms with Crippen LogP contribution in [-0.4, -0.2) is 11.1 Å². The highest BCUT2D eigenvalue weighted by Crippen LogP contribution is 2.39. The second-order valence-corrected chi connectivity index (χ2v) is 5.13. The van der Waals surface area contributed by atoms with Gasteiger partial charge in [0.1, 0.15) is 11.6 Å². The molecule has 0 saturated carbocycles. The second kappa shape index (κ2) is 3.56. The molecule has 0 amide bonds. The van der Waals surface area contributed by atoms with Gasteiger partial charge in [-0.25, -0.2) is 8.78 Å². The number of benzene rings is 1. The van der Waals surface area contributed by atoms with Gasteiger partial charge in [-0.1, -0.05) is 6.92 Å². The summed E-state index contributed by atoms with van der Waals surface area (Å²) < 4.78 is 36.7. The number of hydrogen-bond donors (Lipinski definition) is 1. The molecular weight excluding hydrogens is 197 g/mol. The SMILES string of the molecule is CCP(=O)(O)c1ccc(F)cc1F. The van der Waals surface area contributed by atoms with E-state index in [2.05, 4.69) is 0 Å². The van der Waals surface area contributed by atoms with Crippen LogP contribution >= 0.6 is 7.37 Å². The van der Waals surface area contributed by atoms with E-state index >= 15 is 0 Å². The van der Waals surface area contributed by atoms with Crippen LogP contribution in [0.25, 0.3) is 0 Å². The molecule has 0 aromatic heterocycles. The lowest BCUT2D eigenvalue weighted by Crippen LogP contribution is -2.11. The number of halogens is 2. The third-order valence-corrected chi connectivity index (χ3v) is 3.69. The smallest absolute Gasteiger partial charge is 0.232 e. The van der Waals surface area contributed by atoms with Gasteiger partial charge in [-0.2, -0.15) is 0 Å². The first-order valence-electron chi connectivity index (χ1n) is 3.75. The molecule has 0 bridgehead atoms. The van der Waals surface area contributed by atoms with Crippen LogP contribution in [0.2, 0.25) is 0 Å². The minimum atomic E-state index is -3.62. The molecule has 5 heteroatoms. The zero-order valence-electron chi connectivity index (χ0n) is 7.00. The highest BCUT2D eigenvalue weighted by atomic mass is 31.2. The summed E-state index contributed by atoms with van der Waals surface area (Å²) in [6.45, 7) is 1.48. The van der Waals surface area contributed by atoms with Crippen LogP contribution in [0.1, 0.15) is 6.92 Å². The Morgan fingerprint density at radius 1 is 1.46 bits per heavy atom. The van der Waals surface area contributed by atoms with Crippen LogP contribution in [0.3, 0.4) is 0 Å². The standard InChI is InChI=1S/C8H9F2O2P/c1-2-13(11,12)8-4-3-6(9)5-7(8)10/h3-5H,2H2,1H3,(H,11,12).